The summed E-state index contributed by atoms with van der Waals surface area (Å²) in [7, 11) is 1.81. The Labute approximate surface area is 171 Å². The van der Waals surface area contributed by atoms with Gasteiger partial charge in [0.25, 0.3) is 0 Å². The molecule has 25 heavy (non-hydrogen) atoms. The van der Waals surface area contributed by atoms with E-state index in [2.05, 4.69) is 40.4 Å². The molecular formula is C18H28IN3O2S. The SMILES string of the molecule is CN=C(NCc1cccc2c1OCCCO2)NCC1(C)CCCS1.I. The van der Waals surface area contributed by atoms with Crippen molar-refractivity contribution >= 4 is 41.7 Å². The van der Waals surface area contributed by atoms with Gasteiger partial charge in [-0.3, -0.25) is 4.99 Å². The van der Waals surface area contributed by atoms with Gasteiger partial charge in [-0.1, -0.05) is 12.1 Å². The van der Waals surface area contributed by atoms with Gasteiger partial charge in [0.1, 0.15) is 0 Å². The maximum absolute atomic E-state index is 5.87. The van der Waals surface area contributed by atoms with E-state index in [0.717, 1.165) is 36.0 Å². The molecule has 1 atom stereocenters. The predicted octanol–water partition coefficient (Wildman–Crippen LogP) is 3.42. The largest absolute Gasteiger partial charge is 0.490 e. The molecule has 2 aliphatic heterocycles. The van der Waals surface area contributed by atoms with Crippen LogP contribution in [0.2, 0.25) is 0 Å². The average Bonchev–Trinajstić information content (AvgIpc) is 2.88. The molecule has 2 heterocycles. The topological polar surface area (TPSA) is 54.9 Å². The smallest absolute Gasteiger partial charge is 0.191 e. The fourth-order valence-electron chi connectivity index (χ4n) is 3.04. The maximum Gasteiger partial charge on any atom is 0.191 e. The molecule has 7 heteroatoms. The molecule has 0 bridgehead atoms. The lowest BCUT2D eigenvalue weighted by molar-refractivity contribution is 0.296. The fourth-order valence-corrected chi connectivity index (χ4v) is 4.28. The number of nitrogens with one attached hydrogen (secondary N) is 2. The standard InChI is InChI=1S/C18H27N3O2S.HI/c1-18(8-4-11-24-18)13-21-17(19-2)20-12-14-6-3-7-15-16(14)23-10-5-9-22-15;/h3,6-7H,4-5,8-13H2,1-2H3,(H2,19,20,21);1H. The van der Waals surface area contributed by atoms with Crippen LogP contribution in [0.15, 0.2) is 23.2 Å². The van der Waals surface area contributed by atoms with Gasteiger partial charge in [-0.05, 0) is 31.6 Å². The van der Waals surface area contributed by atoms with Gasteiger partial charge < -0.3 is 20.1 Å². The van der Waals surface area contributed by atoms with Crippen LogP contribution >= 0.6 is 35.7 Å². The van der Waals surface area contributed by atoms with Crippen molar-refractivity contribution in [2.45, 2.75) is 37.5 Å². The molecule has 0 amide bonds. The van der Waals surface area contributed by atoms with Gasteiger partial charge in [0.2, 0.25) is 0 Å². The minimum absolute atomic E-state index is 0. The molecule has 0 saturated carbocycles. The fraction of sp³-hybridized carbons (Fsp3) is 0.611. The Morgan fingerprint density at radius 3 is 2.84 bits per heavy atom. The summed E-state index contributed by atoms with van der Waals surface area (Å²) in [4.78, 5) is 4.34. The number of hydrogen-bond donors (Lipinski definition) is 2. The first kappa shape index (κ1) is 20.5. The lowest BCUT2D eigenvalue weighted by Gasteiger charge is -2.24. The third kappa shape index (κ3) is 5.57. The van der Waals surface area contributed by atoms with Crippen molar-refractivity contribution < 1.29 is 9.47 Å². The van der Waals surface area contributed by atoms with Crippen LogP contribution in [-0.2, 0) is 6.54 Å². The van der Waals surface area contributed by atoms with Crippen LogP contribution in [0, 0.1) is 0 Å². The van der Waals surface area contributed by atoms with E-state index in [4.69, 9.17) is 9.47 Å². The molecule has 140 valence electrons. The number of rotatable bonds is 4. The molecule has 0 aromatic heterocycles. The van der Waals surface area contributed by atoms with Gasteiger partial charge in [0.15, 0.2) is 17.5 Å². The summed E-state index contributed by atoms with van der Waals surface area (Å²) in [5.41, 5.74) is 1.10. The molecular weight excluding hydrogens is 449 g/mol. The van der Waals surface area contributed by atoms with Gasteiger partial charge in [0.05, 0.1) is 13.2 Å². The van der Waals surface area contributed by atoms with Crippen molar-refractivity contribution in [3.63, 3.8) is 0 Å². The van der Waals surface area contributed by atoms with E-state index < -0.39 is 0 Å². The third-order valence-electron chi connectivity index (χ3n) is 4.45. The van der Waals surface area contributed by atoms with E-state index in [1.807, 2.05) is 19.2 Å². The Bertz CT molecular complexity index is 592. The summed E-state index contributed by atoms with van der Waals surface area (Å²) < 4.78 is 11.9. The van der Waals surface area contributed by atoms with E-state index in [9.17, 15) is 0 Å². The molecule has 1 fully saturated rings. The number of thioether (sulfide) groups is 1. The van der Waals surface area contributed by atoms with Crippen LogP contribution in [0.3, 0.4) is 0 Å². The molecule has 2 aliphatic rings. The van der Waals surface area contributed by atoms with Crippen LogP contribution in [0.25, 0.3) is 0 Å². The molecule has 1 unspecified atom stereocenters. The monoisotopic (exact) mass is 477 g/mol. The summed E-state index contributed by atoms with van der Waals surface area (Å²) >= 11 is 2.05. The van der Waals surface area contributed by atoms with E-state index in [-0.39, 0.29) is 24.0 Å². The first-order valence-corrected chi connectivity index (χ1v) is 9.65. The quantitative estimate of drug-likeness (QED) is 0.396. The number of hydrogen-bond acceptors (Lipinski definition) is 4. The molecule has 1 saturated heterocycles. The van der Waals surface area contributed by atoms with E-state index in [1.54, 1.807) is 0 Å². The molecule has 1 aromatic rings. The number of nitrogens with zero attached hydrogens (tertiary/aromatic N) is 1. The highest BCUT2D eigenvalue weighted by Gasteiger charge is 2.29. The van der Waals surface area contributed by atoms with Crippen molar-refractivity contribution in [1.29, 1.82) is 0 Å². The molecule has 5 nitrogen and oxygen atoms in total. The lowest BCUT2D eigenvalue weighted by atomic mass is 10.1. The molecule has 0 radical (unpaired) electrons. The number of aliphatic imine (C=N–C) groups is 1. The zero-order valence-corrected chi connectivity index (χ0v) is 18.1. The van der Waals surface area contributed by atoms with Gasteiger partial charge >= 0.3 is 0 Å². The highest BCUT2D eigenvalue weighted by molar-refractivity contribution is 14.0. The predicted molar refractivity (Wildman–Crippen MR) is 116 cm³/mol. The van der Waals surface area contributed by atoms with Crippen LogP contribution in [0.5, 0.6) is 11.5 Å². The Morgan fingerprint density at radius 2 is 2.08 bits per heavy atom. The number of benzene rings is 1. The Morgan fingerprint density at radius 1 is 1.24 bits per heavy atom. The van der Waals surface area contributed by atoms with Crippen molar-refractivity contribution in [2.24, 2.45) is 4.99 Å². The van der Waals surface area contributed by atoms with Crippen molar-refractivity contribution in [3.8, 4) is 11.5 Å². The number of para-hydroxylation sites is 1. The number of halogens is 1. The molecule has 0 spiro atoms. The van der Waals surface area contributed by atoms with Crippen LogP contribution in [0.4, 0.5) is 0 Å². The summed E-state index contributed by atoms with van der Waals surface area (Å²) in [5, 5.41) is 6.85. The van der Waals surface area contributed by atoms with E-state index >= 15 is 0 Å². The van der Waals surface area contributed by atoms with E-state index in [1.165, 1.54) is 18.6 Å². The lowest BCUT2D eigenvalue weighted by Crippen LogP contribution is -2.43. The zero-order valence-electron chi connectivity index (χ0n) is 15.0. The number of guanidine groups is 1. The minimum atomic E-state index is 0. The summed E-state index contributed by atoms with van der Waals surface area (Å²) in [6, 6.07) is 6.05. The maximum atomic E-state index is 5.87. The van der Waals surface area contributed by atoms with Gasteiger partial charge in [-0.15, -0.1) is 24.0 Å². The third-order valence-corrected chi connectivity index (χ3v) is 5.99. The highest BCUT2D eigenvalue weighted by atomic mass is 127. The summed E-state index contributed by atoms with van der Waals surface area (Å²) in [5.74, 6) is 3.79. The normalized spacial score (nSPS) is 22.7. The van der Waals surface area contributed by atoms with Crippen LogP contribution in [-0.4, -0.2) is 43.3 Å². The van der Waals surface area contributed by atoms with Crippen molar-refractivity contribution in [2.75, 3.05) is 32.6 Å². The minimum Gasteiger partial charge on any atom is -0.490 e. The first-order valence-electron chi connectivity index (χ1n) is 8.66. The summed E-state index contributed by atoms with van der Waals surface area (Å²) in [6.45, 7) is 5.34. The first-order chi connectivity index (χ1) is 11.7. The Balaban J connectivity index is 0.00000225. The van der Waals surface area contributed by atoms with Crippen LogP contribution < -0.4 is 20.1 Å². The van der Waals surface area contributed by atoms with Gasteiger partial charge in [-0.2, -0.15) is 11.8 Å². The Hall–Kier alpha value is -0.830. The van der Waals surface area contributed by atoms with E-state index in [0.29, 0.717) is 24.5 Å². The zero-order chi connectivity index (χ0) is 16.8. The molecule has 0 aliphatic carbocycles. The van der Waals surface area contributed by atoms with Gasteiger partial charge in [0, 0.05) is 36.9 Å². The van der Waals surface area contributed by atoms with Crippen molar-refractivity contribution in [3.05, 3.63) is 23.8 Å². The van der Waals surface area contributed by atoms with Gasteiger partial charge in [-0.25, -0.2) is 0 Å². The Kier molecular flexibility index (Phi) is 7.99. The van der Waals surface area contributed by atoms with Crippen molar-refractivity contribution in [1.82, 2.24) is 10.6 Å². The molecule has 3 rings (SSSR count). The summed E-state index contributed by atoms with van der Waals surface area (Å²) in [6.07, 6.45) is 3.49. The highest BCUT2D eigenvalue weighted by Crippen LogP contribution is 2.37. The number of fused-ring (bicyclic) bond motifs is 1. The molecule has 1 aromatic carbocycles. The second-order valence-electron chi connectivity index (χ2n) is 6.48. The average molecular weight is 477 g/mol. The second-order valence-corrected chi connectivity index (χ2v) is 8.16. The number of ether oxygens (including phenoxy) is 2. The van der Waals surface area contributed by atoms with Crippen LogP contribution in [0.1, 0.15) is 31.7 Å². The second kappa shape index (κ2) is 9.75. The molecule has 2 N–H and O–H groups in total.